The lowest BCUT2D eigenvalue weighted by Gasteiger charge is -2.03. The second kappa shape index (κ2) is 7.72. The number of rotatable bonds is 1. The average Bonchev–Trinajstić information content (AvgIpc) is 3.26. The summed E-state index contributed by atoms with van der Waals surface area (Å²) in [5, 5.41) is 21.4. The minimum atomic E-state index is -0.0803. The zero-order valence-electron chi connectivity index (χ0n) is 14.3. The summed E-state index contributed by atoms with van der Waals surface area (Å²) in [6.07, 6.45) is 3.59. The number of nitrogens with zero attached hydrogens (tertiary/aromatic N) is 5. The highest BCUT2D eigenvalue weighted by Gasteiger charge is 2.23. The zero-order chi connectivity index (χ0) is 18.5. The molecule has 128 valence electrons. The zero-order valence-corrected chi connectivity index (χ0v) is 14.3. The molecule has 6 nitrogen and oxygen atoms in total. The van der Waals surface area contributed by atoms with E-state index in [2.05, 4.69) is 22.2 Å². The Morgan fingerprint density at radius 2 is 1.54 bits per heavy atom. The van der Waals surface area contributed by atoms with Gasteiger partial charge in [-0.3, -0.25) is 0 Å². The van der Waals surface area contributed by atoms with Crippen molar-refractivity contribution in [1.29, 1.82) is 10.5 Å². The third kappa shape index (κ3) is 3.25. The number of nitrogens with two attached hydrogens (primary N) is 1. The van der Waals surface area contributed by atoms with Crippen molar-refractivity contribution < 1.29 is 0 Å². The van der Waals surface area contributed by atoms with Crippen LogP contribution in [0, 0.1) is 22.7 Å². The molecule has 0 saturated heterocycles. The number of benzene rings is 2. The van der Waals surface area contributed by atoms with Crippen molar-refractivity contribution in [3.05, 3.63) is 80.2 Å². The van der Waals surface area contributed by atoms with Gasteiger partial charge in [0.1, 0.15) is 0 Å². The highest BCUT2D eigenvalue weighted by Crippen LogP contribution is 2.35. The summed E-state index contributed by atoms with van der Waals surface area (Å²) in [5.74, 6) is 0. The quantitative estimate of drug-likeness (QED) is 0.470. The lowest BCUT2D eigenvalue weighted by atomic mass is 10.0. The maximum atomic E-state index is 8.86. The van der Waals surface area contributed by atoms with Crippen molar-refractivity contribution in [2.75, 3.05) is 0 Å². The van der Waals surface area contributed by atoms with Gasteiger partial charge in [0, 0.05) is 11.0 Å². The maximum absolute atomic E-state index is 8.86. The van der Waals surface area contributed by atoms with E-state index in [1.807, 2.05) is 30.3 Å². The summed E-state index contributed by atoms with van der Waals surface area (Å²) < 4.78 is 0. The lowest BCUT2D eigenvalue weighted by molar-refractivity contribution is 0.707. The van der Waals surface area contributed by atoms with Gasteiger partial charge < -0.3 is 5.73 Å². The molecule has 0 bridgehead atoms. The molecule has 0 unspecified atom stereocenters. The Morgan fingerprint density at radius 3 is 2.15 bits per heavy atom. The van der Waals surface area contributed by atoms with Gasteiger partial charge >= 0.3 is 0 Å². The first kappa shape index (κ1) is 17.5. The number of azide groups is 1. The van der Waals surface area contributed by atoms with Gasteiger partial charge in [-0.15, -0.1) is 0 Å². The lowest BCUT2D eigenvalue weighted by Crippen LogP contribution is -2.04. The molecule has 0 aromatic heterocycles. The van der Waals surface area contributed by atoms with Crippen LogP contribution in [-0.2, 0) is 12.8 Å². The first-order chi connectivity index (χ1) is 12.7. The molecule has 0 amide bonds. The van der Waals surface area contributed by atoms with Gasteiger partial charge in [-0.2, -0.15) is 10.5 Å². The molecule has 0 aliphatic heterocycles. The fourth-order valence-electron chi connectivity index (χ4n) is 3.71. The van der Waals surface area contributed by atoms with E-state index in [9.17, 15) is 0 Å². The Bertz CT molecular complexity index is 959. The van der Waals surface area contributed by atoms with E-state index in [-0.39, 0.29) is 12.1 Å². The van der Waals surface area contributed by atoms with Crippen LogP contribution in [0.1, 0.15) is 58.3 Å². The largest absolute Gasteiger partial charge is 0.324 e. The molecule has 2 aromatic carbocycles. The standard InChI is InChI=1S/C10H8N4.C10H10N2/c11-6-7-2-1-3-9-8(7)4-5-10(9)13-14-12;11-6-7-2-1-3-9-8(7)4-5-10(9)12/h1-3,10H,4-5H2;1-3,10H,4-5,12H2/t2*10-/m00/s1. The van der Waals surface area contributed by atoms with Gasteiger partial charge in [0.15, 0.2) is 0 Å². The topological polar surface area (TPSA) is 122 Å². The molecular weight excluding hydrogens is 324 g/mol. The third-order valence-electron chi connectivity index (χ3n) is 4.99. The van der Waals surface area contributed by atoms with E-state index in [0.717, 1.165) is 53.5 Å². The molecule has 2 N–H and O–H groups in total. The Labute approximate surface area is 152 Å². The minimum absolute atomic E-state index is 0.0803. The fraction of sp³-hybridized carbons (Fsp3) is 0.300. The number of hydrogen-bond acceptors (Lipinski definition) is 4. The van der Waals surface area contributed by atoms with Crippen molar-refractivity contribution in [2.45, 2.75) is 37.8 Å². The van der Waals surface area contributed by atoms with Crippen molar-refractivity contribution in [3.8, 4) is 12.1 Å². The molecular formula is C20H18N6. The first-order valence-electron chi connectivity index (χ1n) is 8.53. The molecule has 2 aliphatic rings. The molecule has 4 rings (SSSR count). The monoisotopic (exact) mass is 342 g/mol. The molecule has 2 aliphatic carbocycles. The van der Waals surface area contributed by atoms with Crippen LogP contribution < -0.4 is 5.73 Å². The molecule has 26 heavy (non-hydrogen) atoms. The van der Waals surface area contributed by atoms with Crippen molar-refractivity contribution in [3.63, 3.8) is 0 Å². The van der Waals surface area contributed by atoms with Gasteiger partial charge in [-0.05, 0) is 65.6 Å². The van der Waals surface area contributed by atoms with Crippen LogP contribution >= 0.6 is 0 Å². The predicted molar refractivity (Wildman–Crippen MR) is 97.8 cm³/mol. The summed E-state index contributed by atoms with van der Waals surface area (Å²) in [7, 11) is 0. The number of nitriles is 2. The molecule has 0 radical (unpaired) electrons. The van der Waals surface area contributed by atoms with Crippen LogP contribution in [0.3, 0.4) is 0 Å². The van der Waals surface area contributed by atoms with E-state index in [0.29, 0.717) is 5.56 Å². The second-order valence-electron chi connectivity index (χ2n) is 6.37. The Morgan fingerprint density at radius 1 is 0.962 bits per heavy atom. The molecule has 6 heteroatoms. The van der Waals surface area contributed by atoms with Crippen LogP contribution in [0.2, 0.25) is 0 Å². The van der Waals surface area contributed by atoms with E-state index in [4.69, 9.17) is 21.8 Å². The summed E-state index contributed by atoms with van der Waals surface area (Å²) in [6.45, 7) is 0. The van der Waals surface area contributed by atoms with Gasteiger partial charge in [-0.25, -0.2) is 0 Å². The molecule has 0 saturated carbocycles. The molecule has 0 fully saturated rings. The van der Waals surface area contributed by atoms with Crippen LogP contribution in [0.25, 0.3) is 10.4 Å². The Balaban J connectivity index is 0.000000152. The molecule has 2 aromatic rings. The van der Waals surface area contributed by atoms with E-state index in [1.165, 1.54) is 0 Å². The number of fused-ring (bicyclic) bond motifs is 2. The van der Waals surface area contributed by atoms with Crippen LogP contribution in [0.5, 0.6) is 0 Å². The number of hydrogen-bond donors (Lipinski definition) is 1. The van der Waals surface area contributed by atoms with Gasteiger partial charge in [0.2, 0.25) is 0 Å². The van der Waals surface area contributed by atoms with E-state index < -0.39 is 0 Å². The normalized spacial score (nSPS) is 19.0. The average molecular weight is 342 g/mol. The smallest absolute Gasteiger partial charge is 0.0994 e. The van der Waals surface area contributed by atoms with Crippen molar-refractivity contribution in [2.24, 2.45) is 10.8 Å². The van der Waals surface area contributed by atoms with E-state index >= 15 is 0 Å². The van der Waals surface area contributed by atoms with Crippen molar-refractivity contribution >= 4 is 0 Å². The Kier molecular flexibility index (Phi) is 5.20. The van der Waals surface area contributed by atoms with Gasteiger partial charge in [-0.1, -0.05) is 29.4 Å². The van der Waals surface area contributed by atoms with E-state index in [1.54, 1.807) is 6.07 Å². The summed E-state index contributed by atoms with van der Waals surface area (Å²) in [4.78, 5) is 2.81. The summed E-state index contributed by atoms with van der Waals surface area (Å²) >= 11 is 0. The summed E-state index contributed by atoms with van der Waals surface area (Å²) in [6, 6.07) is 15.8. The van der Waals surface area contributed by atoms with Gasteiger partial charge in [0.25, 0.3) is 0 Å². The van der Waals surface area contributed by atoms with Crippen LogP contribution in [-0.4, -0.2) is 0 Å². The summed E-state index contributed by atoms with van der Waals surface area (Å²) in [5.41, 5.74) is 20.1. The van der Waals surface area contributed by atoms with Gasteiger partial charge in [0.05, 0.1) is 29.3 Å². The molecule has 0 heterocycles. The SMILES string of the molecule is N#Cc1cccc2c1CC[C@@H]2N.N#Cc1cccc2c1CC[C@@H]2N=[N+]=[N-]. The van der Waals surface area contributed by atoms with Crippen LogP contribution in [0.4, 0.5) is 0 Å². The first-order valence-corrected chi connectivity index (χ1v) is 8.53. The fourth-order valence-corrected chi connectivity index (χ4v) is 3.71. The third-order valence-corrected chi connectivity index (χ3v) is 4.99. The van der Waals surface area contributed by atoms with Crippen LogP contribution in [0.15, 0.2) is 41.5 Å². The second-order valence-corrected chi connectivity index (χ2v) is 6.37. The molecule has 0 spiro atoms. The Hall–Kier alpha value is -3.31. The van der Waals surface area contributed by atoms with Crippen molar-refractivity contribution in [1.82, 2.24) is 0 Å². The highest BCUT2D eigenvalue weighted by atomic mass is 15.1. The minimum Gasteiger partial charge on any atom is -0.324 e. The predicted octanol–water partition coefficient (Wildman–Crippen LogP) is 4.36. The highest BCUT2D eigenvalue weighted by molar-refractivity contribution is 5.47. The molecule has 2 atom stereocenters. The maximum Gasteiger partial charge on any atom is 0.0994 e.